The van der Waals surface area contributed by atoms with Crippen LogP contribution in [0.2, 0.25) is 0 Å². The van der Waals surface area contributed by atoms with Crippen LogP contribution in [0.4, 0.5) is 13.2 Å². The number of ether oxygens (including phenoxy) is 1. The molecular formula is C13H15F3N2O2. The molecule has 0 amide bonds. The third-order valence-corrected chi connectivity index (χ3v) is 3.61. The van der Waals surface area contributed by atoms with Crippen molar-refractivity contribution in [1.29, 1.82) is 0 Å². The number of ketones is 1. The molecule has 0 spiro atoms. The molecule has 2 atom stereocenters. The number of halogens is 3. The number of methoxy groups -OCH3 is 1. The minimum Gasteiger partial charge on any atom is -0.479 e. The summed E-state index contributed by atoms with van der Waals surface area (Å²) in [4.78, 5) is 20.0. The third kappa shape index (κ3) is 2.91. The maximum atomic E-state index is 13.0. The van der Waals surface area contributed by atoms with Gasteiger partial charge in [-0.05, 0) is 12.8 Å². The maximum Gasteiger partial charge on any atom is 0.392 e. The molecule has 2 rings (SSSR count). The molecule has 7 heteroatoms. The highest BCUT2D eigenvalue weighted by Gasteiger charge is 2.48. The number of hydrogen-bond donors (Lipinski definition) is 0. The third-order valence-electron chi connectivity index (χ3n) is 3.61. The second-order valence-electron chi connectivity index (χ2n) is 4.82. The maximum absolute atomic E-state index is 13.0. The van der Waals surface area contributed by atoms with Crippen LogP contribution in [0.1, 0.15) is 36.2 Å². The molecule has 20 heavy (non-hydrogen) atoms. The first kappa shape index (κ1) is 14.7. The molecule has 1 fully saturated rings. The van der Waals surface area contributed by atoms with Crippen LogP contribution >= 0.6 is 0 Å². The summed E-state index contributed by atoms with van der Waals surface area (Å²) >= 11 is 0. The van der Waals surface area contributed by atoms with Gasteiger partial charge in [0.05, 0.1) is 13.0 Å². The Morgan fingerprint density at radius 3 is 2.55 bits per heavy atom. The van der Waals surface area contributed by atoms with Gasteiger partial charge in [0.25, 0.3) is 0 Å². The minimum atomic E-state index is -4.36. The molecule has 1 heterocycles. The Labute approximate surface area is 114 Å². The van der Waals surface area contributed by atoms with Gasteiger partial charge in [0.1, 0.15) is 0 Å². The van der Waals surface area contributed by atoms with E-state index in [-0.39, 0.29) is 24.4 Å². The first-order valence-electron chi connectivity index (χ1n) is 6.41. The Morgan fingerprint density at radius 1 is 1.25 bits per heavy atom. The molecule has 1 aliphatic carbocycles. The van der Waals surface area contributed by atoms with E-state index in [4.69, 9.17) is 4.74 Å². The van der Waals surface area contributed by atoms with Gasteiger partial charge in [-0.25, -0.2) is 9.97 Å². The summed E-state index contributed by atoms with van der Waals surface area (Å²) in [5, 5.41) is 0. The fourth-order valence-corrected chi connectivity index (χ4v) is 2.66. The van der Waals surface area contributed by atoms with E-state index >= 15 is 0 Å². The first-order valence-corrected chi connectivity index (χ1v) is 6.41. The second kappa shape index (κ2) is 5.76. The molecule has 1 aromatic rings. The Morgan fingerprint density at radius 2 is 1.90 bits per heavy atom. The monoisotopic (exact) mass is 288 g/mol. The van der Waals surface area contributed by atoms with Crippen LogP contribution in [0.15, 0.2) is 12.4 Å². The van der Waals surface area contributed by atoms with Gasteiger partial charge in [-0.2, -0.15) is 13.2 Å². The fourth-order valence-electron chi connectivity index (χ4n) is 2.66. The molecule has 1 aromatic heterocycles. The smallest absolute Gasteiger partial charge is 0.392 e. The number of rotatable bonds is 3. The number of aromatic nitrogens is 2. The summed E-state index contributed by atoms with van der Waals surface area (Å²) < 4.78 is 44.0. The van der Waals surface area contributed by atoms with Crippen molar-refractivity contribution in [3.05, 3.63) is 18.1 Å². The van der Waals surface area contributed by atoms with E-state index in [1.165, 1.54) is 19.5 Å². The van der Waals surface area contributed by atoms with Gasteiger partial charge in [-0.15, -0.1) is 0 Å². The van der Waals surface area contributed by atoms with E-state index in [0.29, 0.717) is 12.8 Å². The standard InChI is InChI=1S/C13H15F3N2O2/c1-20-12-10(17-6-7-18-12)11(19)8-4-2-3-5-9(8)13(14,15)16/h6-9H,2-5H2,1H3. The van der Waals surface area contributed by atoms with Crippen molar-refractivity contribution in [1.82, 2.24) is 9.97 Å². The minimum absolute atomic E-state index is 0.0114. The highest BCUT2D eigenvalue weighted by Crippen LogP contribution is 2.43. The highest BCUT2D eigenvalue weighted by molar-refractivity contribution is 5.98. The molecular weight excluding hydrogens is 273 g/mol. The number of carbonyl (C=O) groups is 1. The van der Waals surface area contributed by atoms with Crippen LogP contribution in [0.5, 0.6) is 5.88 Å². The Kier molecular flexibility index (Phi) is 4.25. The van der Waals surface area contributed by atoms with Crippen molar-refractivity contribution in [2.24, 2.45) is 11.8 Å². The zero-order valence-corrected chi connectivity index (χ0v) is 11.0. The lowest BCUT2D eigenvalue weighted by atomic mass is 9.76. The van der Waals surface area contributed by atoms with Crippen LogP contribution in [0.25, 0.3) is 0 Å². The van der Waals surface area contributed by atoms with Crippen LogP contribution in [0, 0.1) is 11.8 Å². The Bertz CT molecular complexity index is 491. The molecule has 110 valence electrons. The SMILES string of the molecule is COc1nccnc1C(=O)C1CCCCC1C(F)(F)F. The van der Waals surface area contributed by atoms with Crippen molar-refractivity contribution < 1.29 is 22.7 Å². The van der Waals surface area contributed by atoms with Gasteiger partial charge in [0, 0.05) is 18.3 Å². The lowest BCUT2D eigenvalue weighted by Crippen LogP contribution is -2.37. The van der Waals surface area contributed by atoms with E-state index in [1.807, 2.05) is 0 Å². The molecule has 1 saturated carbocycles. The van der Waals surface area contributed by atoms with E-state index in [9.17, 15) is 18.0 Å². The fraction of sp³-hybridized carbons (Fsp3) is 0.615. The summed E-state index contributed by atoms with van der Waals surface area (Å²) in [6, 6.07) is 0. The molecule has 0 radical (unpaired) electrons. The van der Waals surface area contributed by atoms with Crippen molar-refractivity contribution in [3.63, 3.8) is 0 Å². The Hall–Kier alpha value is -1.66. The largest absolute Gasteiger partial charge is 0.479 e. The average molecular weight is 288 g/mol. The highest BCUT2D eigenvalue weighted by atomic mass is 19.4. The van der Waals surface area contributed by atoms with Crippen molar-refractivity contribution in [2.45, 2.75) is 31.9 Å². The van der Waals surface area contributed by atoms with Crippen LogP contribution < -0.4 is 4.74 Å². The molecule has 0 saturated heterocycles. The van der Waals surface area contributed by atoms with Crippen molar-refractivity contribution >= 4 is 5.78 Å². The van der Waals surface area contributed by atoms with Gasteiger partial charge in [-0.3, -0.25) is 4.79 Å². The molecule has 0 aliphatic heterocycles. The molecule has 1 aliphatic rings. The van der Waals surface area contributed by atoms with E-state index in [0.717, 1.165) is 0 Å². The number of alkyl halides is 3. The number of nitrogens with zero attached hydrogens (tertiary/aromatic N) is 2. The van der Waals surface area contributed by atoms with E-state index in [2.05, 4.69) is 9.97 Å². The first-order chi connectivity index (χ1) is 9.45. The van der Waals surface area contributed by atoms with Crippen molar-refractivity contribution in [3.8, 4) is 5.88 Å². The zero-order valence-electron chi connectivity index (χ0n) is 11.0. The van der Waals surface area contributed by atoms with Crippen molar-refractivity contribution in [2.75, 3.05) is 7.11 Å². The predicted molar refractivity (Wildman–Crippen MR) is 64.4 cm³/mol. The zero-order chi connectivity index (χ0) is 14.8. The summed E-state index contributed by atoms with van der Waals surface area (Å²) in [6.45, 7) is 0. The lowest BCUT2D eigenvalue weighted by molar-refractivity contribution is -0.191. The normalized spacial score (nSPS) is 23.4. The lowest BCUT2D eigenvalue weighted by Gasteiger charge is -2.31. The molecule has 0 N–H and O–H groups in total. The van der Waals surface area contributed by atoms with Crippen LogP contribution in [-0.2, 0) is 0 Å². The molecule has 0 bridgehead atoms. The van der Waals surface area contributed by atoms with Crippen LogP contribution in [0.3, 0.4) is 0 Å². The summed E-state index contributed by atoms with van der Waals surface area (Å²) in [7, 11) is 1.31. The quantitative estimate of drug-likeness (QED) is 0.802. The van der Waals surface area contributed by atoms with Gasteiger partial charge < -0.3 is 4.74 Å². The number of hydrogen-bond acceptors (Lipinski definition) is 4. The average Bonchev–Trinajstić information content (AvgIpc) is 2.45. The van der Waals surface area contributed by atoms with Gasteiger partial charge in [0.15, 0.2) is 11.5 Å². The van der Waals surface area contributed by atoms with E-state index < -0.39 is 23.8 Å². The van der Waals surface area contributed by atoms with Crippen LogP contribution in [-0.4, -0.2) is 29.0 Å². The number of Topliss-reactive ketones (excluding diaryl/α,β-unsaturated/α-hetero) is 1. The molecule has 2 unspecified atom stereocenters. The predicted octanol–water partition coefficient (Wildman–Crippen LogP) is 3.04. The second-order valence-corrected chi connectivity index (χ2v) is 4.82. The summed E-state index contributed by atoms with van der Waals surface area (Å²) in [5.74, 6) is -3.34. The van der Waals surface area contributed by atoms with Gasteiger partial charge in [0.2, 0.25) is 5.88 Å². The Balaban J connectivity index is 2.30. The van der Waals surface area contributed by atoms with Gasteiger partial charge >= 0.3 is 6.18 Å². The number of carbonyl (C=O) groups excluding carboxylic acids is 1. The summed E-state index contributed by atoms with van der Waals surface area (Å²) in [6.07, 6.45) is -0.433. The molecule has 0 aromatic carbocycles. The summed E-state index contributed by atoms with van der Waals surface area (Å²) in [5.41, 5.74) is -0.115. The molecule has 4 nitrogen and oxygen atoms in total. The van der Waals surface area contributed by atoms with E-state index in [1.54, 1.807) is 0 Å². The topological polar surface area (TPSA) is 52.1 Å². The van der Waals surface area contributed by atoms with Gasteiger partial charge in [-0.1, -0.05) is 12.8 Å².